The maximum absolute atomic E-state index is 14.9. The van der Waals surface area contributed by atoms with Gasteiger partial charge in [-0.05, 0) is 48.9 Å². The summed E-state index contributed by atoms with van der Waals surface area (Å²) in [6.45, 7) is 2.35. The van der Waals surface area contributed by atoms with Gasteiger partial charge >= 0.3 is 6.18 Å². The molecule has 10 nitrogen and oxygen atoms in total. The molecule has 41 heavy (non-hydrogen) atoms. The molecule has 1 amide bonds. The number of nitrogens with zero attached hydrogens (tertiary/aromatic N) is 2. The Morgan fingerprint density at radius 2 is 1.71 bits per heavy atom. The minimum Gasteiger partial charge on any atom is -0.542 e. The summed E-state index contributed by atoms with van der Waals surface area (Å²) in [5.41, 5.74) is 6.93. The first-order valence-electron chi connectivity index (χ1n) is 11.6. The van der Waals surface area contributed by atoms with Gasteiger partial charge in [0.05, 0.1) is 28.5 Å². The van der Waals surface area contributed by atoms with Crippen LogP contribution in [0.25, 0.3) is 16.8 Å². The van der Waals surface area contributed by atoms with Gasteiger partial charge in [0.25, 0.3) is 5.91 Å². The molecule has 0 unspecified atom stereocenters. The fraction of sp³-hybridized carbons (Fsp3) is 0.115. The molecule has 0 aliphatic rings. The van der Waals surface area contributed by atoms with Gasteiger partial charge in [0.1, 0.15) is 17.5 Å². The second-order valence-corrected chi connectivity index (χ2v) is 10.0. The van der Waals surface area contributed by atoms with E-state index in [1.54, 1.807) is 19.1 Å². The van der Waals surface area contributed by atoms with Crippen molar-refractivity contribution in [2.75, 3.05) is 5.32 Å². The van der Waals surface area contributed by atoms with Crippen LogP contribution >= 0.6 is 0 Å². The van der Waals surface area contributed by atoms with Crippen LogP contribution in [-0.2, 0) is 21.4 Å². The van der Waals surface area contributed by atoms with Crippen LogP contribution in [0.5, 0.6) is 0 Å². The van der Waals surface area contributed by atoms with Gasteiger partial charge in [-0.15, -0.1) is 0 Å². The number of sulfonamides is 1. The molecule has 216 valence electrons. The molecule has 0 fully saturated rings. The number of aliphatic carboxylic acids is 1. The molecular weight excluding hydrogens is 570 g/mol. The number of carboxylic acids is 1. The van der Waals surface area contributed by atoms with Crippen molar-refractivity contribution in [2.24, 2.45) is 5.14 Å². The number of hydrogen-bond acceptors (Lipinski definition) is 6. The summed E-state index contributed by atoms with van der Waals surface area (Å²) in [6.07, 6.45) is -5.19. The minimum atomic E-state index is -5.19. The van der Waals surface area contributed by atoms with E-state index in [1.807, 2.05) is 24.3 Å². The number of carboxylic acid groups (broad SMARTS) is 1. The van der Waals surface area contributed by atoms with Crippen molar-refractivity contribution in [3.8, 4) is 16.8 Å². The fourth-order valence-electron chi connectivity index (χ4n) is 3.63. The van der Waals surface area contributed by atoms with E-state index in [1.165, 1.54) is 35.0 Å². The lowest BCUT2D eigenvalue weighted by molar-refractivity contribution is -0.386. The number of benzene rings is 3. The number of aromatic nitrogens is 2. The summed E-state index contributed by atoms with van der Waals surface area (Å²) < 4.78 is 71.8. The van der Waals surface area contributed by atoms with E-state index in [9.17, 15) is 30.8 Å². The van der Waals surface area contributed by atoms with Gasteiger partial charge in [-0.1, -0.05) is 36.4 Å². The van der Waals surface area contributed by atoms with Gasteiger partial charge in [0.15, 0.2) is 0 Å². The minimum absolute atomic E-state index is 0.0567. The summed E-state index contributed by atoms with van der Waals surface area (Å²) in [6, 6.07) is 19.2. The number of rotatable bonds is 6. The van der Waals surface area contributed by atoms with Gasteiger partial charge in [-0.2, -0.15) is 18.3 Å². The van der Waals surface area contributed by atoms with Crippen molar-refractivity contribution in [3.63, 3.8) is 0 Å². The Labute approximate surface area is 231 Å². The van der Waals surface area contributed by atoms with Gasteiger partial charge in [0.2, 0.25) is 10.0 Å². The number of alkyl halides is 3. The summed E-state index contributed by atoms with van der Waals surface area (Å²) in [7, 11) is -4.00. The van der Waals surface area contributed by atoms with E-state index in [2.05, 4.69) is 16.1 Å². The average Bonchev–Trinajstić information content (AvgIpc) is 3.31. The third-order valence-corrected chi connectivity index (χ3v) is 6.43. The highest BCUT2D eigenvalue weighted by molar-refractivity contribution is 7.89. The Morgan fingerprint density at radius 1 is 1.05 bits per heavy atom. The number of nitrogens with one attached hydrogen (secondary N) is 1. The third kappa shape index (κ3) is 7.75. The lowest BCUT2D eigenvalue weighted by Crippen LogP contribution is -2.47. The average molecular weight is 594 g/mol. The van der Waals surface area contributed by atoms with Crippen LogP contribution in [0.4, 0.5) is 23.2 Å². The Kier molecular flexibility index (Phi) is 9.27. The molecule has 0 spiro atoms. The van der Waals surface area contributed by atoms with Crippen molar-refractivity contribution >= 4 is 27.6 Å². The highest BCUT2D eigenvalue weighted by atomic mass is 32.2. The van der Waals surface area contributed by atoms with Crippen molar-refractivity contribution in [1.29, 1.82) is 0 Å². The largest absolute Gasteiger partial charge is 0.542 e. The molecular formula is C26H23F4N5O5S. The zero-order valence-corrected chi connectivity index (χ0v) is 22.1. The second-order valence-electron chi connectivity index (χ2n) is 8.48. The van der Waals surface area contributed by atoms with E-state index >= 15 is 0 Å². The van der Waals surface area contributed by atoms with Crippen molar-refractivity contribution in [2.45, 2.75) is 24.5 Å². The molecule has 1 heterocycles. The Bertz CT molecular complexity index is 1700. The van der Waals surface area contributed by atoms with E-state index in [4.69, 9.17) is 15.0 Å². The first-order valence-corrected chi connectivity index (χ1v) is 13.1. The third-order valence-electron chi connectivity index (χ3n) is 5.46. The topological polar surface area (TPSA) is 175 Å². The maximum Gasteiger partial charge on any atom is 0.430 e. The van der Waals surface area contributed by atoms with Crippen LogP contribution in [0.2, 0.25) is 0 Å². The van der Waals surface area contributed by atoms with E-state index in [0.717, 1.165) is 11.6 Å². The summed E-state index contributed by atoms with van der Waals surface area (Å²) in [4.78, 5) is 21.7. The number of quaternary nitrogens is 1. The van der Waals surface area contributed by atoms with E-state index < -0.39 is 33.9 Å². The second kappa shape index (κ2) is 12.3. The monoisotopic (exact) mass is 593 g/mol. The molecule has 0 aliphatic heterocycles. The Hall–Kier alpha value is -4.60. The van der Waals surface area contributed by atoms with Gasteiger partial charge < -0.3 is 21.0 Å². The number of carbonyl (C=O) groups excluding carboxylic acids is 2. The Balaban J connectivity index is 0.000000587. The molecule has 6 N–H and O–H groups in total. The molecule has 0 aliphatic carbocycles. The predicted octanol–water partition coefficient (Wildman–Crippen LogP) is 1.93. The number of aryl methyl sites for hydroxylation is 1. The molecule has 3 aromatic carbocycles. The molecule has 15 heteroatoms. The normalized spacial score (nSPS) is 11.4. The van der Waals surface area contributed by atoms with E-state index in [-0.39, 0.29) is 21.8 Å². The van der Waals surface area contributed by atoms with Crippen LogP contribution in [0.15, 0.2) is 77.7 Å². The molecule has 0 radical (unpaired) electrons. The number of halogens is 4. The lowest BCUT2D eigenvalue weighted by atomic mass is 10.0. The van der Waals surface area contributed by atoms with Gasteiger partial charge in [0, 0.05) is 11.1 Å². The molecule has 0 bridgehead atoms. The first kappa shape index (κ1) is 30.9. The molecule has 1 aromatic heterocycles. The van der Waals surface area contributed by atoms with Gasteiger partial charge in [-0.25, -0.2) is 22.6 Å². The predicted molar refractivity (Wildman–Crippen MR) is 137 cm³/mol. The van der Waals surface area contributed by atoms with Crippen LogP contribution in [-0.4, -0.2) is 36.3 Å². The summed E-state index contributed by atoms with van der Waals surface area (Å²) >= 11 is 0. The first-order chi connectivity index (χ1) is 19.1. The fourth-order valence-corrected chi connectivity index (χ4v) is 4.39. The standard InChI is InChI=1S/C24H22FN5O3S.C2HF3O2/c1-15-11-22(30(29-15)18-6-4-5-16(12-18)14-26)24(31)28-21-10-9-17(13-20(21)25)19-7-2-3-8-23(19)34(27,32)33;3-2(4,5)1(6)7/h2-13H,14,26H2,1H3,(H,28,31)(H2,27,32,33);(H,6,7). The summed E-state index contributed by atoms with van der Waals surface area (Å²) in [5, 5.41) is 21.0. The highest BCUT2D eigenvalue weighted by Gasteiger charge is 2.28. The molecule has 4 aromatic rings. The lowest BCUT2D eigenvalue weighted by Gasteiger charge is -2.12. The van der Waals surface area contributed by atoms with Crippen molar-refractivity contribution in [1.82, 2.24) is 9.78 Å². The zero-order chi connectivity index (χ0) is 30.5. The van der Waals surface area contributed by atoms with Crippen LogP contribution in [0, 0.1) is 12.7 Å². The van der Waals surface area contributed by atoms with E-state index in [0.29, 0.717) is 23.5 Å². The highest BCUT2D eigenvalue weighted by Crippen LogP contribution is 2.29. The molecule has 0 atom stereocenters. The van der Waals surface area contributed by atoms with Crippen LogP contribution < -0.4 is 21.3 Å². The smallest absolute Gasteiger partial charge is 0.430 e. The van der Waals surface area contributed by atoms with Crippen molar-refractivity contribution in [3.05, 3.63) is 95.6 Å². The number of anilines is 1. The number of primary sulfonamides is 1. The number of hydrogen-bond donors (Lipinski definition) is 3. The molecule has 4 rings (SSSR count). The molecule has 0 saturated carbocycles. The number of amides is 1. The number of nitrogens with two attached hydrogens (primary N) is 1. The quantitative estimate of drug-likeness (QED) is 0.288. The van der Waals surface area contributed by atoms with Crippen LogP contribution in [0.3, 0.4) is 0 Å². The van der Waals surface area contributed by atoms with Gasteiger partial charge in [-0.3, -0.25) is 4.79 Å². The molecule has 0 saturated heterocycles. The summed E-state index contributed by atoms with van der Waals surface area (Å²) in [5.74, 6) is -4.28. The zero-order valence-electron chi connectivity index (χ0n) is 21.3. The van der Waals surface area contributed by atoms with Crippen LogP contribution in [0.1, 0.15) is 21.7 Å². The number of carbonyl (C=O) groups is 2. The van der Waals surface area contributed by atoms with Crippen molar-refractivity contribution < 1.29 is 46.4 Å². The Morgan fingerprint density at radius 3 is 2.29 bits per heavy atom. The maximum atomic E-state index is 14.9. The SMILES string of the molecule is Cc1cc(C(=O)Nc2ccc(-c3ccccc3S(N)(=O)=O)cc2F)n(-c2cccc(C[NH3+])c2)n1.O=C([O-])C(F)(F)F.